The van der Waals surface area contributed by atoms with Crippen molar-refractivity contribution in [2.24, 2.45) is 0 Å². The van der Waals surface area contributed by atoms with Gasteiger partial charge in [-0.25, -0.2) is 4.79 Å². The summed E-state index contributed by atoms with van der Waals surface area (Å²) in [5, 5.41) is 9.26. The monoisotopic (exact) mass is 429 g/mol. The van der Waals surface area contributed by atoms with E-state index in [1.54, 1.807) is 38.4 Å². The zero-order valence-electron chi connectivity index (χ0n) is 18.1. The van der Waals surface area contributed by atoms with Gasteiger partial charge < -0.3 is 14.9 Å². The van der Waals surface area contributed by atoms with E-state index < -0.39 is 12.0 Å². The first-order valence-corrected chi connectivity index (χ1v) is 10.2. The zero-order chi connectivity index (χ0) is 23.0. The van der Waals surface area contributed by atoms with Gasteiger partial charge in [0, 0.05) is 25.5 Å². The van der Waals surface area contributed by atoms with Crippen molar-refractivity contribution in [3.63, 3.8) is 0 Å². The molecular formula is C25H23N3O4. The van der Waals surface area contributed by atoms with Gasteiger partial charge in [-0.2, -0.15) is 0 Å². The van der Waals surface area contributed by atoms with Crippen LogP contribution in [0.5, 0.6) is 0 Å². The summed E-state index contributed by atoms with van der Waals surface area (Å²) in [4.78, 5) is 45.2. The largest absolute Gasteiger partial charge is 0.478 e. The van der Waals surface area contributed by atoms with Crippen molar-refractivity contribution in [1.29, 1.82) is 0 Å². The van der Waals surface area contributed by atoms with Crippen LogP contribution in [-0.4, -0.2) is 45.9 Å². The fourth-order valence-electron chi connectivity index (χ4n) is 3.97. The Labute approximate surface area is 185 Å². The number of hydrogen-bond acceptors (Lipinski definition) is 4. The van der Waals surface area contributed by atoms with Crippen molar-refractivity contribution in [3.05, 3.63) is 83.2 Å². The average Bonchev–Trinajstić information content (AvgIpc) is 2.85. The van der Waals surface area contributed by atoms with Crippen LogP contribution < -0.4 is 4.90 Å². The highest BCUT2D eigenvalue weighted by Crippen LogP contribution is 2.32. The minimum Gasteiger partial charge on any atom is -0.478 e. The average molecular weight is 429 g/mol. The molecule has 1 atom stereocenters. The van der Waals surface area contributed by atoms with Gasteiger partial charge in [0.05, 0.1) is 16.8 Å². The van der Waals surface area contributed by atoms with Gasteiger partial charge in [-0.3, -0.25) is 14.6 Å². The van der Waals surface area contributed by atoms with E-state index in [0.717, 1.165) is 16.8 Å². The number of fused-ring (bicyclic) bond motifs is 1. The molecule has 3 aromatic rings. The van der Waals surface area contributed by atoms with Crippen LogP contribution in [0.25, 0.3) is 11.1 Å². The second-order valence-corrected chi connectivity index (χ2v) is 7.93. The molecule has 0 saturated carbocycles. The maximum absolute atomic E-state index is 13.5. The standard InChI is InChI=1S/C25H23N3O4/c1-15-11-19(9-10-26-15)18-7-8-21-22(13-18)27(3)23(29)16(2)28(24(21)30)14-17-5-4-6-20(12-17)25(31)32/h4-13,16H,14H2,1-3H3,(H,31,32)/t16-/m1/s1. The van der Waals surface area contributed by atoms with Crippen molar-refractivity contribution >= 4 is 23.5 Å². The summed E-state index contributed by atoms with van der Waals surface area (Å²) in [5.41, 5.74) is 4.47. The molecule has 4 rings (SSSR count). The maximum atomic E-state index is 13.5. The van der Waals surface area contributed by atoms with Crippen LogP contribution in [0.3, 0.4) is 0 Å². The Morgan fingerprint density at radius 3 is 2.53 bits per heavy atom. The van der Waals surface area contributed by atoms with Crippen molar-refractivity contribution in [2.45, 2.75) is 26.4 Å². The molecule has 7 nitrogen and oxygen atoms in total. The number of anilines is 1. The molecule has 0 saturated heterocycles. The van der Waals surface area contributed by atoms with Gasteiger partial charge in [0.25, 0.3) is 5.91 Å². The van der Waals surface area contributed by atoms with E-state index in [4.69, 9.17) is 0 Å². The number of carboxylic acid groups (broad SMARTS) is 1. The summed E-state index contributed by atoms with van der Waals surface area (Å²) in [7, 11) is 1.67. The predicted octanol–water partition coefficient (Wildman–Crippen LogP) is 3.76. The summed E-state index contributed by atoms with van der Waals surface area (Å²) in [5.74, 6) is -1.53. The highest BCUT2D eigenvalue weighted by Gasteiger charge is 2.35. The Balaban J connectivity index is 1.74. The van der Waals surface area contributed by atoms with Crippen molar-refractivity contribution in [1.82, 2.24) is 9.88 Å². The quantitative estimate of drug-likeness (QED) is 0.682. The van der Waals surface area contributed by atoms with E-state index in [1.165, 1.54) is 21.9 Å². The Morgan fingerprint density at radius 2 is 1.81 bits per heavy atom. The van der Waals surface area contributed by atoms with E-state index in [1.807, 2.05) is 31.2 Å². The van der Waals surface area contributed by atoms with Crippen LogP contribution in [0.4, 0.5) is 5.69 Å². The fourth-order valence-corrected chi connectivity index (χ4v) is 3.97. The number of hydrogen-bond donors (Lipinski definition) is 1. The smallest absolute Gasteiger partial charge is 0.335 e. The number of rotatable bonds is 4. The Bertz CT molecular complexity index is 1240. The number of aromatic carboxylic acids is 1. The lowest BCUT2D eigenvalue weighted by molar-refractivity contribution is -0.122. The van der Waals surface area contributed by atoms with Crippen LogP contribution in [-0.2, 0) is 11.3 Å². The first-order valence-electron chi connectivity index (χ1n) is 10.2. The molecule has 0 fully saturated rings. The third-order valence-electron chi connectivity index (χ3n) is 5.76. The summed E-state index contributed by atoms with van der Waals surface area (Å²) in [6.45, 7) is 3.73. The zero-order valence-corrected chi connectivity index (χ0v) is 18.1. The first kappa shape index (κ1) is 21.2. The maximum Gasteiger partial charge on any atom is 0.335 e. The van der Waals surface area contributed by atoms with Gasteiger partial charge in [-0.15, -0.1) is 0 Å². The van der Waals surface area contributed by atoms with E-state index in [0.29, 0.717) is 16.8 Å². The summed E-state index contributed by atoms with van der Waals surface area (Å²) >= 11 is 0. The Morgan fingerprint density at radius 1 is 1.06 bits per heavy atom. The molecule has 0 aliphatic carbocycles. The molecule has 2 aromatic carbocycles. The number of pyridine rings is 1. The third kappa shape index (κ3) is 3.85. The number of aryl methyl sites for hydroxylation is 1. The topological polar surface area (TPSA) is 90.8 Å². The first-order chi connectivity index (χ1) is 15.3. The molecule has 0 bridgehead atoms. The number of amides is 2. The summed E-state index contributed by atoms with van der Waals surface area (Å²) in [6, 6.07) is 15.0. The second kappa shape index (κ2) is 8.26. The highest BCUT2D eigenvalue weighted by molar-refractivity contribution is 6.11. The molecule has 2 heterocycles. The van der Waals surface area contributed by atoms with E-state index >= 15 is 0 Å². The molecule has 7 heteroatoms. The molecule has 1 aliphatic rings. The molecule has 1 aromatic heterocycles. The minimum absolute atomic E-state index is 0.130. The van der Waals surface area contributed by atoms with Crippen molar-refractivity contribution in [2.75, 3.05) is 11.9 Å². The van der Waals surface area contributed by atoms with Gasteiger partial charge >= 0.3 is 5.97 Å². The van der Waals surface area contributed by atoms with Crippen LogP contribution in [0.2, 0.25) is 0 Å². The number of nitrogens with zero attached hydrogens (tertiary/aromatic N) is 3. The summed E-state index contributed by atoms with van der Waals surface area (Å²) < 4.78 is 0. The van der Waals surface area contributed by atoms with Crippen LogP contribution >= 0.6 is 0 Å². The lowest BCUT2D eigenvalue weighted by Gasteiger charge is -2.27. The second-order valence-electron chi connectivity index (χ2n) is 7.93. The normalized spacial score (nSPS) is 16.0. The van der Waals surface area contributed by atoms with Gasteiger partial charge in [0.2, 0.25) is 5.91 Å². The lowest BCUT2D eigenvalue weighted by Crippen LogP contribution is -2.45. The van der Waals surface area contributed by atoms with Crippen LogP contribution in [0.15, 0.2) is 60.8 Å². The molecule has 1 aliphatic heterocycles. The molecule has 0 spiro atoms. The number of aromatic nitrogens is 1. The SMILES string of the molecule is Cc1cc(-c2ccc3c(c2)N(C)C(=O)[C@@H](C)N(Cc2cccc(C(=O)O)c2)C3=O)ccn1. The number of carbonyl (C=O) groups is 3. The van der Waals surface area contributed by atoms with Gasteiger partial charge in [-0.05, 0) is 66.9 Å². The van der Waals surface area contributed by atoms with Crippen molar-refractivity contribution in [3.8, 4) is 11.1 Å². The summed E-state index contributed by atoms with van der Waals surface area (Å²) in [6.07, 6.45) is 1.73. The number of likely N-dealkylation sites (N-methyl/N-ethyl adjacent to an activating group) is 1. The molecular weight excluding hydrogens is 406 g/mol. The van der Waals surface area contributed by atoms with E-state index in [9.17, 15) is 19.5 Å². The fraction of sp³-hybridized carbons (Fsp3) is 0.200. The molecule has 0 unspecified atom stereocenters. The number of benzene rings is 2. The van der Waals surface area contributed by atoms with E-state index in [-0.39, 0.29) is 23.9 Å². The minimum atomic E-state index is -1.04. The van der Waals surface area contributed by atoms with Crippen molar-refractivity contribution < 1.29 is 19.5 Å². The van der Waals surface area contributed by atoms with E-state index in [2.05, 4.69) is 4.98 Å². The molecule has 162 valence electrons. The third-order valence-corrected chi connectivity index (χ3v) is 5.76. The van der Waals surface area contributed by atoms with Gasteiger partial charge in [0.1, 0.15) is 6.04 Å². The van der Waals surface area contributed by atoms with Crippen LogP contribution in [0.1, 0.15) is 38.9 Å². The Kier molecular flexibility index (Phi) is 5.48. The molecule has 32 heavy (non-hydrogen) atoms. The highest BCUT2D eigenvalue weighted by atomic mass is 16.4. The lowest BCUT2D eigenvalue weighted by atomic mass is 10.0. The Hall–Kier alpha value is -4.00. The molecule has 0 radical (unpaired) electrons. The van der Waals surface area contributed by atoms with Gasteiger partial charge in [-0.1, -0.05) is 18.2 Å². The number of carbonyl (C=O) groups excluding carboxylic acids is 2. The molecule has 2 amide bonds. The van der Waals surface area contributed by atoms with Crippen LogP contribution in [0, 0.1) is 6.92 Å². The number of carboxylic acids is 1. The van der Waals surface area contributed by atoms with Gasteiger partial charge in [0.15, 0.2) is 0 Å². The molecule has 1 N–H and O–H groups in total. The predicted molar refractivity (Wildman–Crippen MR) is 121 cm³/mol.